The maximum atomic E-state index is 11.5. The number of halogens is 1. The van der Waals surface area contributed by atoms with Gasteiger partial charge in [0.15, 0.2) is 4.67 Å². The van der Waals surface area contributed by atoms with E-state index >= 15 is 0 Å². The van der Waals surface area contributed by atoms with Crippen molar-refractivity contribution in [2.45, 2.75) is 25.9 Å². The molecule has 0 spiro atoms. The van der Waals surface area contributed by atoms with Gasteiger partial charge in [-0.3, -0.25) is 4.79 Å². The maximum Gasteiger partial charge on any atom is 0.254 e. The van der Waals surface area contributed by atoms with Crippen LogP contribution in [0, 0.1) is 0 Å². The van der Waals surface area contributed by atoms with Crippen molar-refractivity contribution in [3.63, 3.8) is 0 Å². The highest BCUT2D eigenvalue weighted by molar-refractivity contribution is 9.10. The third kappa shape index (κ3) is 4.05. The van der Waals surface area contributed by atoms with Crippen LogP contribution in [0.4, 0.5) is 0 Å². The molecule has 84 valence electrons. The quantitative estimate of drug-likeness (QED) is 0.863. The molecule has 0 saturated carbocycles. The lowest BCUT2D eigenvalue weighted by Crippen LogP contribution is -2.31. The highest BCUT2D eigenvalue weighted by Gasteiger charge is 2.10. The van der Waals surface area contributed by atoms with E-state index in [2.05, 4.69) is 21.2 Å². The number of rotatable bonds is 5. The highest BCUT2D eigenvalue weighted by Crippen LogP contribution is 2.13. The fourth-order valence-electron chi connectivity index (χ4n) is 1.18. The summed E-state index contributed by atoms with van der Waals surface area (Å²) in [5, 5.41) is 12.0. The molecule has 4 nitrogen and oxygen atoms in total. The molecule has 0 aliphatic carbocycles. The van der Waals surface area contributed by atoms with Gasteiger partial charge < -0.3 is 14.8 Å². The molecule has 0 bridgehead atoms. The Morgan fingerprint density at radius 1 is 1.73 bits per heavy atom. The summed E-state index contributed by atoms with van der Waals surface area (Å²) in [6, 6.07) is 1.58. The number of nitrogens with one attached hydrogen (secondary N) is 1. The first-order chi connectivity index (χ1) is 7.13. The fraction of sp³-hybridized carbons (Fsp3) is 0.500. The van der Waals surface area contributed by atoms with Crippen LogP contribution in [-0.4, -0.2) is 23.7 Å². The molecule has 1 rings (SSSR count). The van der Waals surface area contributed by atoms with Crippen LogP contribution in [0.3, 0.4) is 0 Å². The monoisotopic (exact) mass is 275 g/mol. The highest BCUT2D eigenvalue weighted by atomic mass is 79.9. The molecule has 0 fully saturated rings. The average molecular weight is 276 g/mol. The largest absolute Gasteiger partial charge is 0.457 e. The van der Waals surface area contributed by atoms with Gasteiger partial charge in [-0.2, -0.15) is 0 Å². The summed E-state index contributed by atoms with van der Waals surface area (Å²) in [6.07, 6.45) is 2.48. The van der Waals surface area contributed by atoms with Gasteiger partial charge in [-0.25, -0.2) is 0 Å². The Morgan fingerprint density at radius 2 is 2.47 bits per heavy atom. The summed E-state index contributed by atoms with van der Waals surface area (Å²) in [7, 11) is 0. The second-order valence-corrected chi connectivity index (χ2v) is 4.07. The standard InChI is InChI=1S/C10H14BrNO3/c1-2-3-8(13)5-12-10(14)7-4-9(11)15-6-7/h4,6,8,13H,2-3,5H2,1H3,(H,12,14). The van der Waals surface area contributed by atoms with Gasteiger partial charge in [-0.15, -0.1) is 0 Å². The van der Waals surface area contributed by atoms with Gasteiger partial charge in [0.1, 0.15) is 6.26 Å². The number of aliphatic hydroxyl groups is 1. The predicted octanol–water partition coefficient (Wildman–Crippen LogP) is 1.93. The van der Waals surface area contributed by atoms with Crippen molar-refractivity contribution in [1.29, 1.82) is 0 Å². The van der Waals surface area contributed by atoms with Crippen LogP contribution < -0.4 is 5.32 Å². The van der Waals surface area contributed by atoms with E-state index in [1.807, 2.05) is 6.92 Å². The fourth-order valence-corrected chi connectivity index (χ4v) is 1.52. The Hall–Kier alpha value is -0.810. The van der Waals surface area contributed by atoms with Crippen LogP contribution in [0.1, 0.15) is 30.1 Å². The van der Waals surface area contributed by atoms with Gasteiger partial charge in [0, 0.05) is 12.6 Å². The maximum absolute atomic E-state index is 11.5. The van der Waals surface area contributed by atoms with Gasteiger partial charge >= 0.3 is 0 Å². The van der Waals surface area contributed by atoms with Crippen molar-refractivity contribution < 1.29 is 14.3 Å². The Morgan fingerprint density at radius 3 is 3.00 bits per heavy atom. The molecule has 1 amide bonds. The SMILES string of the molecule is CCCC(O)CNC(=O)c1coc(Br)c1. The minimum Gasteiger partial charge on any atom is -0.457 e. The zero-order valence-electron chi connectivity index (χ0n) is 8.50. The van der Waals surface area contributed by atoms with E-state index in [1.54, 1.807) is 6.07 Å². The Balaban J connectivity index is 2.36. The lowest BCUT2D eigenvalue weighted by molar-refractivity contribution is 0.0909. The molecule has 0 aromatic carbocycles. The topological polar surface area (TPSA) is 62.5 Å². The second kappa shape index (κ2) is 5.92. The number of amides is 1. The Kier molecular flexibility index (Phi) is 4.84. The van der Waals surface area contributed by atoms with Gasteiger partial charge in [0.05, 0.1) is 11.7 Å². The molecule has 15 heavy (non-hydrogen) atoms. The minimum atomic E-state index is -0.478. The van der Waals surface area contributed by atoms with Gasteiger partial charge in [-0.1, -0.05) is 13.3 Å². The summed E-state index contributed by atoms with van der Waals surface area (Å²) >= 11 is 3.11. The molecule has 1 aromatic heterocycles. The van der Waals surface area contributed by atoms with E-state index in [4.69, 9.17) is 4.42 Å². The van der Waals surface area contributed by atoms with Crippen molar-refractivity contribution in [3.8, 4) is 0 Å². The molecular formula is C10H14BrNO3. The van der Waals surface area contributed by atoms with E-state index in [9.17, 15) is 9.90 Å². The van der Waals surface area contributed by atoms with Gasteiger partial charge in [0.2, 0.25) is 0 Å². The summed E-state index contributed by atoms with van der Waals surface area (Å²) in [6.45, 7) is 2.26. The number of furan rings is 1. The molecular weight excluding hydrogens is 262 g/mol. The van der Waals surface area contributed by atoms with Crippen molar-refractivity contribution >= 4 is 21.8 Å². The smallest absolute Gasteiger partial charge is 0.254 e. The van der Waals surface area contributed by atoms with Crippen LogP contribution in [-0.2, 0) is 0 Å². The van der Waals surface area contributed by atoms with Crippen LogP contribution in [0.5, 0.6) is 0 Å². The number of aliphatic hydroxyl groups excluding tert-OH is 1. The van der Waals surface area contributed by atoms with Gasteiger partial charge in [-0.05, 0) is 22.4 Å². The normalized spacial score (nSPS) is 12.5. The van der Waals surface area contributed by atoms with E-state index < -0.39 is 6.10 Å². The van der Waals surface area contributed by atoms with E-state index in [0.717, 1.165) is 6.42 Å². The first-order valence-corrected chi connectivity index (χ1v) is 5.63. The van der Waals surface area contributed by atoms with Crippen molar-refractivity contribution in [2.24, 2.45) is 0 Å². The van der Waals surface area contributed by atoms with Crippen molar-refractivity contribution in [2.75, 3.05) is 6.54 Å². The number of carbonyl (C=O) groups is 1. The molecule has 1 aromatic rings. The summed E-state index contributed by atoms with van der Waals surface area (Å²) in [5.74, 6) is -0.236. The first-order valence-electron chi connectivity index (χ1n) is 4.83. The lowest BCUT2D eigenvalue weighted by atomic mass is 10.2. The molecule has 2 N–H and O–H groups in total. The summed E-state index contributed by atoms with van der Waals surface area (Å²) in [5.41, 5.74) is 0.450. The molecule has 0 aliphatic heterocycles. The molecule has 0 aliphatic rings. The molecule has 1 unspecified atom stereocenters. The average Bonchev–Trinajstić information content (AvgIpc) is 2.62. The Labute approximate surface area is 96.8 Å². The second-order valence-electron chi connectivity index (χ2n) is 3.29. The van der Waals surface area contributed by atoms with E-state index in [-0.39, 0.29) is 12.5 Å². The Bertz CT molecular complexity index is 324. The zero-order chi connectivity index (χ0) is 11.3. The summed E-state index contributed by atoms with van der Waals surface area (Å²) < 4.78 is 5.45. The molecule has 0 saturated heterocycles. The van der Waals surface area contributed by atoms with Crippen molar-refractivity contribution in [3.05, 3.63) is 22.6 Å². The van der Waals surface area contributed by atoms with Gasteiger partial charge in [0.25, 0.3) is 5.91 Å². The van der Waals surface area contributed by atoms with Crippen LogP contribution in [0.25, 0.3) is 0 Å². The number of hydrogen-bond acceptors (Lipinski definition) is 3. The summed E-state index contributed by atoms with van der Waals surface area (Å²) in [4.78, 5) is 11.5. The molecule has 0 radical (unpaired) electrons. The molecule has 1 heterocycles. The van der Waals surface area contributed by atoms with Crippen molar-refractivity contribution in [1.82, 2.24) is 5.32 Å². The number of hydrogen-bond donors (Lipinski definition) is 2. The number of carbonyl (C=O) groups excluding carboxylic acids is 1. The zero-order valence-corrected chi connectivity index (χ0v) is 10.1. The first kappa shape index (κ1) is 12.3. The van der Waals surface area contributed by atoms with Crippen LogP contribution in [0.2, 0.25) is 0 Å². The minimum absolute atomic E-state index is 0.236. The van der Waals surface area contributed by atoms with Crippen LogP contribution >= 0.6 is 15.9 Å². The van der Waals surface area contributed by atoms with E-state index in [0.29, 0.717) is 16.7 Å². The van der Waals surface area contributed by atoms with E-state index in [1.165, 1.54) is 6.26 Å². The third-order valence-electron chi connectivity index (χ3n) is 1.95. The van der Waals surface area contributed by atoms with Crippen LogP contribution in [0.15, 0.2) is 21.4 Å². The predicted molar refractivity (Wildman–Crippen MR) is 59.7 cm³/mol. The molecule has 1 atom stereocenters. The third-order valence-corrected chi connectivity index (χ3v) is 2.37. The lowest BCUT2D eigenvalue weighted by Gasteiger charge is -2.09. The molecule has 5 heteroatoms.